The van der Waals surface area contributed by atoms with Gasteiger partial charge in [0.15, 0.2) is 0 Å². The highest BCUT2D eigenvalue weighted by Gasteiger charge is 2.39. The number of carbonyl (C=O) groups is 2. The number of rotatable bonds is 6. The number of piperidine rings is 1. The van der Waals surface area contributed by atoms with Gasteiger partial charge < -0.3 is 24.2 Å². The van der Waals surface area contributed by atoms with E-state index >= 15 is 0 Å². The van der Waals surface area contributed by atoms with Crippen LogP contribution in [-0.2, 0) is 9.59 Å². The SMILES string of the molecule is CCN(C(=O)[C@H]1CC(=O)N(c2ccc(OC)cc2OC)C1)C1CCN(C)CC1. The number of hydrogen-bond acceptors (Lipinski definition) is 5. The maximum atomic E-state index is 13.2. The first-order valence-corrected chi connectivity index (χ1v) is 9.99. The Morgan fingerprint density at radius 1 is 1.21 bits per heavy atom. The molecule has 0 aliphatic carbocycles. The fourth-order valence-electron chi connectivity index (χ4n) is 4.25. The van der Waals surface area contributed by atoms with Gasteiger partial charge in [-0.1, -0.05) is 0 Å². The van der Waals surface area contributed by atoms with Gasteiger partial charge in [-0.25, -0.2) is 0 Å². The smallest absolute Gasteiger partial charge is 0.228 e. The standard InChI is InChI=1S/C21H31N3O4/c1-5-23(16-8-10-22(2)11-9-16)21(26)15-12-20(25)24(14-15)18-7-6-17(27-3)13-19(18)28-4/h6-7,13,15-16H,5,8-12,14H2,1-4H3/t15-/m0/s1. The van der Waals surface area contributed by atoms with Crippen LogP contribution in [-0.4, -0.2) is 75.1 Å². The summed E-state index contributed by atoms with van der Waals surface area (Å²) in [6, 6.07) is 5.65. The van der Waals surface area contributed by atoms with E-state index in [2.05, 4.69) is 11.9 Å². The number of nitrogens with zero attached hydrogens (tertiary/aromatic N) is 3. The zero-order valence-corrected chi connectivity index (χ0v) is 17.3. The number of likely N-dealkylation sites (tertiary alicyclic amines) is 1. The number of ether oxygens (including phenoxy) is 2. The van der Waals surface area contributed by atoms with Crippen LogP contribution < -0.4 is 14.4 Å². The Kier molecular flexibility index (Phi) is 6.44. The topological polar surface area (TPSA) is 62.3 Å². The molecular formula is C21H31N3O4. The number of amides is 2. The van der Waals surface area contributed by atoms with E-state index in [1.165, 1.54) is 0 Å². The van der Waals surface area contributed by atoms with Crippen LogP contribution in [0, 0.1) is 5.92 Å². The molecule has 0 aromatic heterocycles. The Labute approximate surface area is 167 Å². The van der Waals surface area contributed by atoms with Crippen LogP contribution in [0.2, 0.25) is 0 Å². The van der Waals surface area contributed by atoms with Gasteiger partial charge in [0.2, 0.25) is 11.8 Å². The lowest BCUT2D eigenvalue weighted by Crippen LogP contribution is -2.48. The number of hydrogen-bond donors (Lipinski definition) is 0. The molecule has 7 nitrogen and oxygen atoms in total. The number of carbonyl (C=O) groups excluding carboxylic acids is 2. The van der Waals surface area contributed by atoms with E-state index in [1.807, 2.05) is 17.9 Å². The van der Waals surface area contributed by atoms with Gasteiger partial charge in [-0.05, 0) is 52.0 Å². The van der Waals surface area contributed by atoms with E-state index in [-0.39, 0.29) is 30.2 Å². The molecule has 2 saturated heterocycles. The summed E-state index contributed by atoms with van der Waals surface area (Å²) >= 11 is 0. The molecule has 0 radical (unpaired) electrons. The zero-order valence-electron chi connectivity index (χ0n) is 17.3. The summed E-state index contributed by atoms with van der Waals surface area (Å²) in [5.41, 5.74) is 0.686. The number of benzene rings is 1. The van der Waals surface area contributed by atoms with Gasteiger partial charge in [0.05, 0.1) is 25.8 Å². The Morgan fingerprint density at radius 3 is 2.54 bits per heavy atom. The van der Waals surface area contributed by atoms with E-state index < -0.39 is 0 Å². The normalized spacial score (nSPS) is 21.1. The van der Waals surface area contributed by atoms with Gasteiger partial charge in [0, 0.05) is 31.6 Å². The third kappa shape index (κ3) is 4.09. The number of anilines is 1. The molecule has 0 unspecified atom stereocenters. The predicted octanol–water partition coefficient (Wildman–Crippen LogP) is 2.00. The lowest BCUT2D eigenvalue weighted by atomic mass is 10.00. The lowest BCUT2D eigenvalue weighted by molar-refractivity contribution is -0.138. The minimum atomic E-state index is -0.307. The number of methoxy groups -OCH3 is 2. The van der Waals surface area contributed by atoms with Gasteiger partial charge >= 0.3 is 0 Å². The molecule has 2 fully saturated rings. The van der Waals surface area contributed by atoms with E-state index in [4.69, 9.17) is 9.47 Å². The highest BCUT2D eigenvalue weighted by Crippen LogP contribution is 2.36. The molecule has 2 aliphatic rings. The van der Waals surface area contributed by atoms with Crippen molar-refractivity contribution in [3.63, 3.8) is 0 Å². The van der Waals surface area contributed by atoms with Crippen molar-refractivity contribution in [2.75, 3.05) is 52.3 Å². The maximum absolute atomic E-state index is 13.2. The van der Waals surface area contributed by atoms with Gasteiger partial charge in [-0.2, -0.15) is 0 Å². The molecule has 154 valence electrons. The second-order valence-electron chi connectivity index (χ2n) is 7.60. The molecule has 0 saturated carbocycles. The van der Waals surface area contributed by atoms with Gasteiger partial charge in [-0.15, -0.1) is 0 Å². The molecule has 3 rings (SSSR count). The summed E-state index contributed by atoms with van der Waals surface area (Å²) < 4.78 is 10.7. The summed E-state index contributed by atoms with van der Waals surface area (Å²) in [6.07, 6.45) is 2.23. The molecule has 0 N–H and O–H groups in total. The molecule has 0 bridgehead atoms. The molecule has 1 aromatic rings. The molecule has 2 amide bonds. The van der Waals surface area contributed by atoms with Crippen molar-refractivity contribution >= 4 is 17.5 Å². The summed E-state index contributed by atoms with van der Waals surface area (Å²) in [6.45, 7) is 5.12. The molecule has 0 spiro atoms. The van der Waals surface area contributed by atoms with Crippen molar-refractivity contribution in [2.45, 2.75) is 32.2 Å². The van der Waals surface area contributed by atoms with Crippen LogP contribution in [0.5, 0.6) is 11.5 Å². The molecular weight excluding hydrogens is 358 g/mol. The highest BCUT2D eigenvalue weighted by molar-refractivity contribution is 6.01. The van der Waals surface area contributed by atoms with E-state index in [9.17, 15) is 9.59 Å². The summed E-state index contributed by atoms with van der Waals surface area (Å²) in [5, 5.41) is 0. The van der Waals surface area contributed by atoms with Crippen LogP contribution in [0.15, 0.2) is 18.2 Å². The van der Waals surface area contributed by atoms with Crippen LogP contribution in [0.4, 0.5) is 5.69 Å². The Hall–Kier alpha value is -2.28. The first-order valence-electron chi connectivity index (χ1n) is 9.99. The third-order valence-electron chi connectivity index (χ3n) is 5.90. The fraction of sp³-hybridized carbons (Fsp3) is 0.619. The highest BCUT2D eigenvalue weighted by atomic mass is 16.5. The van der Waals surface area contributed by atoms with Gasteiger partial charge in [-0.3, -0.25) is 9.59 Å². The average Bonchev–Trinajstić information content (AvgIpc) is 3.10. The maximum Gasteiger partial charge on any atom is 0.228 e. The first kappa shape index (κ1) is 20.5. The van der Waals surface area contributed by atoms with Crippen molar-refractivity contribution in [3.8, 4) is 11.5 Å². The van der Waals surface area contributed by atoms with Gasteiger partial charge in [0.25, 0.3) is 0 Å². The second kappa shape index (κ2) is 8.82. The summed E-state index contributed by atoms with van der Waals surface area (Å²) in [7, 11) is 5.27. The molecule has 7 heteroatoms. The first-order chi connectivity index (χ1) is 13.5. The fourth-order valence-corrected chi connectivity index (χ4v) is 4.25. The van der Waals surface area contributed by atoms with Crippen molar-refractivity contribution in [1.29, 1.82) is 0 Å². The minimum absolute atomic E-state index is 0.0405. The van der Waals surface area contributed by atoms with Crippen molar-refractivity contribution in [3.05, 3.63) is 18.2 Å². The third-order valence-corrected chi connectivity index (χ3v) is 5.90. The van der Waals surface area contributed by atoms with E-state index in [1.54, 1.807) is 31.3 Å². The average molecular weight is 389 g/mol. The lowest BCUT2D eigenvalue weighted by Gasteiger charge is -2.38. The summed E-state index contributed by atoms with van der Waals surface area (Å²) in [5.74, 6) is 0.989. The summed E-state index contributed by atoms with van der Waals surface area (Å²) in [4.78, 5) is 31.9. The van der Waals surface area contributed by atoms with Crippen molar-refractivity contribution in [2.24, 2.45) is 5.92 Å². The molecule has 1 atom stereocenters. The molecule has 1 aromatic carbocycles. The molecule has 2 aliphatic heterocycles. The van der Waals surface area contributed by atoms with Crippen LogP contribution >= 0.6 is 0 Å². The molecule has 28 heavy (non-hydrogen) atoms. The molecule has 2 heterocycles. The quantitative estimate of drug-likeness (QED) is 0.745. The Morgan fingerprint density at radius 2 is 1.93 bits per heavy atom. The zero-order chi connectivity index (χ0) is 20.3. The second-order valence-corrected chi connectivity index (χ2v) is 7.60. The van der Waals surface area contributed by atoms with Crippen LogP contribution in [0.1, 0.15) is 26.2 Å². The largest absolute Gasteiger partial charge is 0.497 e. The monoisotopic (exact) mass is 389 g/mol. The van der Waals surface area contributed by atoms with E-state index in [0.717, 1.165) is 25.9 Å². The van der Waals surface area contributed by atoms with Crippen molar-refractivity contribution in [1.82, 2.24) is 9.80 Å². The van der Waals surface area contributed by atoms with E-state index in [0.29, 0.717) is 30.3 Å². The van der Waals surface area contributed by atoms with Crippen molar-refractivity contribution < 1.29 is 19.1 Å². The van der Waals surface area contributed by atoms with Crippen LogP contribution in [0.3, 0.4) is 0 Å². The van der Waals surface area contributed by atoms with Gasteiger partial charge in [0.1, 0.15) is 11.5 Å². The predicted molar refractivity (Wildman–Crippen MR) is 108 cm³/mol. The minimum Gasteiger partial charge on any atom is -0.497 e. The Bertz CT molecular complexity index is 716. The van der Waals surface area contributed by atoms with Crippen LogP contribution in [0.25, 0.3) is 0 Å². The Balaban J connectivity index is 1.74.